The Bertz CT molecular complexity index is 376. The van der Waals surface area contributed by atoms with Crippen molar-refractivity contribution < 1.29 is 14.4 Å². The zero-order valence-corrected chi connectivity index (χ0v) is 8.94. The molecule has 0 bridgehead atoms. The molecule has 82 valence electrons. The molecule has 1 aromatic carbocycles. The normalized spacial score (nSPS) is 9.80. The van der Waals surface area contributed by atoms with Crippen molar-refractivity contribution >= 4 is 5.69 Å². The number of ether oxygens (including phenoxy) is 2. The van der Waals surface area contributed by atoms with Gasteiger partial charge in [0.15, 0.2) is 0 Å². The first-order valence-electron chi connectivity index (χ1n) is 4.56. The van der Waals surface area contributed by atoms with Gasteiger partial charge in [0.25, 0.3) is 0 Å². The maximum atomic E-state index is 10.7. The molecule has 0 saturated heterocycles. The highest BCUT2D eigenvalue weighted by Crippen LogP contribution is 2.33. The largest absolute Gasteiger partial charge is 0.493 e. The van der Waals surface area contributed by atoms with Gasteiger partial charge < -0.3 is 9.47 Å². The Balaban J connectivity index is 3.22. The van der Waals surface area contributed by atoms with E-state index in [4.69, 9.17) is 9.47 Å². The average molecular weight is 211 g/mol. The Morgan fingerprint density at radius 2 is 2.07 bits per heavy atom. The summed E-state index contributed by atoms with van der Waals surface area (Å²) in [6.45, 7) is 4.13. The van der Waals surface area contributed by atoms with E-state index >= 15 is 0 Å². The van der Waals surface area contributed by atoms with Crippen molar-refractivity contribution in [2.24, 2.45) is 0 Å². The number of nitrogens with zero attached hydrogens (tertiary/aromatic N) is 1. The molecule has 0 saturated carbocycles. The molecular formula is C10H13NO4. The standard InChI is InChI=1S/C10H13NO4/c1-4-15-9-6-10(14-3)8(11(12)13)5-7(9)2/h5-6H,4H2,1-3H3. The molecule has 1 aromatic rings. The van der Waals surface area contributed by atoms with E-state index in [1.807, 2.05) is 6.92 Å². The number of methoxy groups -OCH3 is 1. The smallest absolute Gasteiger partial charge is 0.311 e. The minimum atomic E-state index is -0.471. The molecule has 0 heterocycles. The third kappa shape index (κ3) is 2.37. The van der Waals surface area contributed by atoms with Gasteiger partial charge in [-0.2, -0.15) is 0 Å². The van der Waals surface area contributed by atoms with Crippen molar-refractivity contribution in [3.05, 3.63) is 27.8 Å². The molecule has 5 nitrogen and oxygen atoms in total. The highest BCUT2D eigenvalue weighted by atomic mass is 16.6. The van der Waals surface area contributed by atoms with E-state index in [2.05, 4.69) is 0 Å². The summed E-state index contributed by atoms with van der Waals surface area (Å²) < 4.78 is 10.2. The van der Waals surface area contributed by atoms with E-state index in [1.54, 1.807) is 6.92 Å². The molecule has 0 radical (unpaired) electrons. The first-order chi connectivity index (χ1) is 7.10. The number of aryl methyl sites for hydroxylation is 1. The molecule has 0 N–H and O–H groups in total. The van der Waals surface area contributed by atoms with Gasteiger partial charge in [0, 0.05) is 12.1 Å². The molecule has 0 unspecified atom stereocenters. The Morgan fingerprint density at radius 3 is 2.53 bits per heavy atom. The minimum Gasteiger partial charge on any atom is -0.493 e. The van der Waals surface area contributed by atoms with Crippen LogP contribution in [0.3, 0.4) is 0 Å². The fraction of sp³-hybridized carbons (Fsp3) is 0.400. The average Bonchev–Trinajstić information content (AvgIpc) is 2.20. The van der Waals surface area contributed by atoms with E-state index in [0.29, 0.717) is 12.4 Å². The maximum Gasteiger partial charge on any atom is 0.311 e. The van der Waals surface area contributed by atoms with Crippen molar-refractivity contribution in [1.82, 2.24) is 0 Å². The molecule has 0 aliphatic carbocycles. The molecule has 0 atom stereocenters. The SMILES string of the molecule is CCOc1cc(OC)c([N+](=O)[O-])cc1C. The summed E-state index contributed by atoms with van der Waals surface area (Å²) in [5, 5.41) is 10.7. The summed E-state index contributed by atoms with van der Waals surface area (Å²) in [5.74, 6) is 0.828. The van der Waals surface area contributed by atoms with Gasteiger partial charge in [0.2, 0.25) is 5.75 Å². The van der Waals surface area contributed by atoms with Gasteiger partial charge in [-0.25, -0.2) is 0 Å². The lowest BCUT2D eigenvalue weighted by Crippen LogP contribution is -1.98. The predicted molar refractivity (Wildman–Crippen MR) is 55.6 cm³/mol. The number of nitro benzene ring substituents is 1. The molecule has 15 heavy (non-hydrogen) atoms. The third-order valence-electron chi connectivity index (χ3n) is 1.97. The first kappa shape index (κ1) is 11.3. The van der Waals surface area contributed by atoms with E-state index in [0.717, 1.165) is 5.56 Å². The summed E-state index contributed by atoms with van der Waals surface area (Å²) in [7, 11) is 1.40. The van der Waals surface area contributed by atoms with E-state index in [9.17, 15) is 10.1 Å². The minimum absolute atomic E-state index is 0.0431. The number of hydrogen-bond acceptors (Lipinski definition) is 4. The van der Waals surface area contributed by atoms with Gasteiger partial charge in [-0.05, 0) is 19.4 Å². The molecule has 0 aliphatic heterocycles. The number of nitro groups is 1. The summed E-state index contributed by atoms with van der Waals surface area (Å²) in [6.07, 6.45) is 0. The van der Waals surface area contributed by atoms with Gasteiger partial charge in [0.05, 0.1) is 18.6 Å². The quantitative estimate of drug-likeness (QED) is 0.566. The third-order valence-corrected chi connectivity index (χ3v) is 1.97. The maximum absolute atomic E-state index is 10.7. The monoisotopic (exact) mass is 211 g/mol. The van der Waals surface area contributed by atoms with E-state index in [-0.39, 0.29) is 11.4 Å². The molecule has 0 aromatic heterocycles. The van der Waals surface area contributed by atoms with E-state index in [1.165, 1.54) is 19.2 Å². The van der Waals surface area contributed by atoms with Crippen LogP contribution in [0.5, 0.6) is 11.5 Å². The van der Waals surface area contributed by atoms with Crippen LogP contribution in [0.4, 0.5) is 5.69 Å². The van der Waals surface area contributed by atoms with Crippen LogP contribution in [0.15, 0.2) is 12.1 Å². The van der Waals surface area contributed by atoms with Crippen molar-refractivity contribution in [2.45, 2.75) is 13.8 Å². The van der Waals surface area contributed by atoms with Crippen LogP contribution in [-0.4, -0.2) is 18.6 Å². The van der Waals surface area contributed by atoms with Crippen LogP contribution in [0.1, 0.15) is 12.5 Å². The molecule has 0 aliphatic rings. The lowest BCUT2D eigenvalue weighted by atomic mass is 10.2. The Morgan fingerprint density at radius 1 is 1.40 bits per heavy atom. The van der Waals surface area contributed by atoms with Crippen LogP contribution < -0.4 is 9.47 Å². The summed E-state index contributed by atoms with van der Waals surface area (Å²) >= 11 is 0. The van der Waals surface area contributed by atoms with Crippen LogP contribution in [-0.2, 0) is 0 Å². The second-order valence-electron chi connectivity index (χ2n) is 2.98. The topological polar surface area (TPSA) is 61.6 Å². The first-order valence-corrected chi connectivity index (χ1v) is 4.56. The van der Waals surface area contributed by atoms with Crippen LogP contribution in [0.2, 0.25) is 0 Å². The zero-order chi connectivity index (χ0) is 11.4. The second-order valence-corrected chi connectivity index (χ2v) is 2.98. The summed E-state index contributed by atoms with van der Waals surface area (Å²) in [4.78, 5) is 10.2. The molecule has 0 amide bonds. The van der Waals surface area contributed by atoms with E-state index < -0.39 is 4.92 Å². The van der Waals surface area contributed by atoms with Crippen molar-refractivity contribution in [1.29, 1.82) is 0 Å². The predicted octanol–water partition coefficient (Wildman–Crippen LogP) is 2.31. The summed E-state index contributed by atoms with van der Waals surface area (Å²) in [5.41, 5.74) is 0.683. The van der Waals surface area contributed by atoms with Gasteiger partial charge in [-0.15, -0.1) is 0 Å². The van der Waals surface area contributed by atoms with Crippen molar-refractivity contribution in [3.8, 4) is 11.5 Å². The molecule has 5 heteroatoms. The van der Waals surface area contributed by atoms with Crippen molar-refractivity contribution in [2.75, 3.05) is 13.7 Å². The highest BCUT2D eigenvalue weighted by molar-refractivity contribution is 5.54. The zero-order valence-electron chi connectivity index (χ0n) is 8.94. The van der Waals surface area contributed by atoms with Crippen LogP contribution in [0, 0.1) is 17.0 Å². The second kappa shape index (κ2) is 4.63. The highest BCUT2D eigenvalue weighted by Gasteiger charge is 2.17. The molecule has 1 rings (SSSR count). The molecule has 0 fully saturated rings. The fourth-order valence-corrected chi connectivity index (χ4v) is 1.27. The molecule has 0 spiro atoms. The number of benzene rings is 1. The Kier molecular flexibility index (Phi) is 3.49. The lowest BCUT2D eigenvalue weighted by Gasteiger charge is -2.09. The van der Waals surface area contributed by atoms with Gasteiger partial charge >= 0.3 is 5.69 Å². The van der Waals surface area contributed by atoms with Crippen LogP contribution >= 0.6 is 0 Å². The van der Waals surface area contributed by atoms with Gasteiger partial charge in [-0.3, -0.25) is 10.1 Å². The Hall–Kier alpha value is -1.78. The lowest BCUT2D eigenvalue weighted by molar-refractivity contribution is -0.385. The van der Waals surface area contributed by atoms with Crippen molar-refractivity contribution in [3.63, 3.8) is 0 Å². The number of hydrogen-bond donors (Lipinski definition) is 0. The Labute approximate surface area is 87.8 Å². The van der Waals surface area contributed by atoms with Crippen LogP contribution in [0.25, 0.3) is 0 Å². The summed E-state index contributed by atoms with van der Waals surface area (Å²) in [6, 6.07) is 2.99. The fourth-order valence-electron chi connectivity index (χ4n) is 1.27. The number of rotatable bonds is 4. The van der Waals surface area contributed by atoms with Gasteiger partial charge in [0.1, 0.15) is 5.75 Å². The van der Waals surface area contributed by atoms with Gasteiger partial charge in [-0.1, -0.05) is 0 Å². The molecular weight excluding hydrogens is 198 g/mol.